The van der Waals surface area contributed by atoms with Gasteiger partial charge in [0, 0.05) is 6.54 Å². The molecule has 1 amide bonds. The summed E-state index contributed by atoms with van der Waals surface area (Å²) in [5, 5.41) is 6.43. The summed E-state index contributed by atoms with van der Waals surface area (Å²) >= 11 is 0. The molecule has 2 rings (SSSR count). The van der Waals surface area contributed by atoms with Crippen LogP contribution in [0.25, 0.3) is 0 Å². The monoisotopic (exact) mass is 288 g/mol. The number of benzene rings is 1. The molecule has 1 fully saturated rings. The van der Waals surface area contributed by atoms with E-state index in [0.717, 1.165) is 18.7 Å². The van der Waals surface area contributed by atoms with Crippen LogP contribution in [0.2, 0.25) is 0 Å². The Kier molecular flexibility index (Phi) is 4.72. The van der Waals surface area contributed by atoms with Gasteiger partial charge in [0.2, 0.25) is 5.91 Å². The largest absolute Gasteiger partial charge is 0.349 e. The minimum absolute atomic E-state index is 0.0549. The lowest BCUT2D eigenvalue weighted by atomic mass is 9.86. The van der Waals surface area contributed by atoms with Gasteiger partial charge in [-0.1, -0.05) is 52.0 Å². The summed E-state index contributed by atoms with van der Waals surface area (Å²) in [5.41, 5.74) is 2.64. The molecule has 3 atom stereocenters. The first-order valence-corrected chi connectivity index (χ1v) is 7.90. The van der Waals surface area contributed by atoms with Crippen molar-refractivity contribution in [1.29, 1.82) is 0 Å². The molecule has 1 aliphatic heterocycles. The van der Waals surface area contributed by atoms with Crippen LogP contribution in [0.4, 0.5) is 0 Å². The van der Waals surface area contributed by atoms with Crippen LogP contribution in [0.1, 0.15) is 51.8 Å². The number of rotatable bonds is 3. The number of nitrogens with one attached hydrogen (secondary N) is 2. The highest BCUT2D eigenvalue weighted by Gasteiger charge is 2.30. The highest BCUT2D eigenvalue weighted by atomic mass is 16.2. The fourth-order valence-corrected chi connectivity index (χ4v) is 2.84. The molecule has 0 bridgehead atoms. The molecule has 1 aromatic rings. The average Bonchev–Trinajstić information content (AvgIpc) is 2.84. The standard InChI is InChI=1S/C18H28N2O/c1-12-10-19-11-16(12)17(21)20-13(2)14-6-8-15(9-7-14)18(3,4)5/h6-9,12-13,16,19H,10-11H2,1-5H3,(H,20,21). The molecule has 21 heavy (non-hydrogen) atoms. The number of amides is 1. The highest BCUT2D eigenvalue weighted by Crippen LogP contribution is 2.24. The Morgan fingerprint density at radius 1 is 1.24 bits per heavy atom. The van der Waals surface area contributed by atoms with Crippen LogP contribution in [0.15, 0.2) is 24.3 Å². The van der Waals surface area contributed by atoms with Gasteiger partial charge in [-0.3, -0.25) is 4.79 Å². The molecular weight excluding hydrogens is 260 g/mol. The van der Waals surface area contributed by atoms with E-state index in [0.29, 0.717) is 5.92 Å². The Hall–Kier alpha value is -1.35. The third kappa shape index (κ3) is 3.85. The molecule has 1 aromatic carbocycles. The SMILES string of the molecule is CC(NC(=O)C1CNCC1C)c1ccc(C(C)(C)C)cc1. The second kappa shape index (κ2) is 6.18. The molecule has 3 heteroatoms. The Morgan fingerprint density at radius 3 is 2.33 bits per heavy atom. The number of hydrogen-bond donors (Lipinski definition) is 2. The van der Waals surface area contributed by atoms with Gasteiger partial charge in [-0.15, -0.1) is 0 Å². The molecule has 0 aromatic heterocycles. The van der Waals surface area contributed by atoms with Crippen molar-refractivity contribution < 1.29 is 4.79 Å². The highest BCUT2D eigenvalue weighted by molar-refractivity contribution is 5.80. The zero-order valence-corrected chi connectivity index (χ0v) is 13.9. The van der Waals surface area contributed by atoms with E-state index in [-0.39, 0.29) is 23.3 Å². The number of carbonyl (C=O) groups is 1. The molecule has 116 valence electrons. The lowest BCUT2D eigenvalue weighted by molar-refractivity contribution is -0.126. The average molecular weight is 288 g/mol. The minimum atomic E-state index is 0.0549. The molecule has 3 nitrogen and oxygen atoms in total. The second-order valence-corrected chi connectivity index (χ2v) is 7.34. The molecule has 0 spiro atoms. The van der Waals surface area contributed by atoms with Gasteiger partial charge in [0.25, 0.3) is 0 Å². The maximum absolute atomic E-state index is 12.3. The van der Waals surface area contributed by atoms with Crippen LogP contribution in [0.3, 0.4) is 0 Å². The third-order valence-corrected chi connectivity index (χ3v) is 4.49. The van der Waals surface area contributed by atoms with Gasteiger partial charge in [0.15, 0.2) is 0 Å². The molecule has 1 heterocycles. The maximum Gasteiger partial charge on any atom is 0.225 e. The predicted molar refractivity (Wildman–Crippen MR) is 87.2 cm³/mol. The van der Waals surface area contributed by atoms with E-state index in [1.807, 2.05) is 0 Å². The topological polar surface area (TPSA) is 41.1 Å². The molecule has 0 radical (unpaired) electrons. The van der Waals surface area contributed by atoms with Crippen LogP contribution in [-0.4, -0.2) is 19.0 Å². The van der Waals surface area contributed by atoms with Crippen LogP contribution < -0.4 is 10.6 Å². The maximum atomic E-state index is 12.3. The van der Waals surface area contributed by atoms with Gasteiger partial charge < -0.3 is 10.6 Å². The van der Waals surface area contributed by atoms with Gasteiger partial charge in [-0.2, -0.15) is 0 Å². The van der Waals surface area contributed by atoms with Gasteiger partial charge in [-0.25, -0.2) is 0 Å². The quantitative estimate of drug-likeness (QED) is 0.897. The first-order valence-electron chi connectivity index (χ1n) is 7.90. The Bertz CT molecular complexity index is 487. The second-order valence-electron chi connectivity index (χ2n) is 7.34. The molecular formula is C18H28N2O. The van der Waals surface area contributed by atoms with E-state index >= 15 is 0 Å². The van der Waals surface area contributed by atoms with Crippen molar-refractivity contribution in [3.63, 3.8) is 0 Å². The van der Waals surface area contributed by atoms with Gasteiger partial charge >= 0.3 is 0 Å². The summed E-state index contributed by atoms with van der Waals surface area (Å²) in [4.78, 5) is 12.3. The Labute approximate surface area is 128 Å². The van der Waals surface area contributed by atoms with Crippen LogP contribution >= 0.6 is 0 Å². The first-order chi connectivity index (χ1) is 9.79. The fraction of sp³-hybridized carbons (Fsp3) is 0.611. The Balaban J connectivity index is 2.00. The van der Waals surface area contributed by atoms with E-state index in [1.165, 1.54) is 5.56 Å². The predicted octanol–water partition coefficient (Wildman–Crippen LogP) is 3.02. The zero-order valence-electron chi connectivity index (χ0n) is 13.9. The summed E-state index contributed by atoms with van der Waals surface area (Å²) in [6.45, 7) is 12.5. The third-order valence-electron chi connectivity index (χ3n) is 4.49. The van der Waals surface area contributed by atoms with Crippen molar-refractivity contribution in [2.24, 2.45) is 11.8 Å². The van der Waals surface area contributed by atoms with Crippen LogP contribution in [-0.2, 0) is 10.2 Å². The number of carbonyl (C=O) groups excluding carboxylic acids is 1. The first kappa shape index (κ1) is 16.0. The summed E-state index contributed by atoms with van der Waals surface area (Å²) in [6.07, 6.45) is 0. The summed E-state index contributed by atoms with van der Waals surface area (Å²) in [6, 6.07) is 8.64. The van der Waals surface area contributed by atoms with Crippen molar-refractivity contribution in [3.8, 4) is 0 Å². The van der Waals surface area contributed by atoms with Crippen molar-refractivity contribution in [2.75, 3.05) is 13.1 Å². The lowest BCUT2D eigenvalue weighted by Gasteiger charge is -2.22. The van der Waals surface area contributed by atoms with E-state index in [2.05, 4.69) is 69.5 Å². The molecule has 3 unspecified atom stereocenters. The van der Waals surface area contributed by atoms with Gasteiger partial charge in [0.1, 0.15) is 0 Å². The summed E-state index contributed by atoms with van der Waals surface area (Å²) in [5.74, 6) is 0.682. The molecule has 0 aliphatic carbocycles. The molecule has 0 saturated carbocycles. The zero-order chi connectivity index (χ0) is 15.6. The van der Waals surface area contributed by atoms with Crippen LogP contribution in [0.5, 0.6) is 0 Å². The van der Waals surface area contributed by atoms with Crippen molar-refractivity contribution >= 4 is 5.91 Å². The normalized spacial score (nSPS) is 23.9. The van der Waals surface area contributed by atoms with Crippen molar-refractivity contribution in [1.82, 2.24) is 10.6 Å². The van der Waals surface area contributed by atoms with E-state index in [9.17, 15) is 4.79 Å². The molecule has 1 saturated heterocycles. The molecule has 1 aliphatic rings. The summed E-state index contributed by atoms with van der Waals surface area (Å²) in [7, 11) is 0. The summed E-state index contributed by atoms with van der Waals surface area (Å²) < 4.78 is 0. The minimum Gasteiger partial charge on any atom is -0.349 e. The van der Waals surface area contributed by atoms with Crippen molar-refractivity contribution in [3.05, 3.63) is 35.4 Å². The van der Waals surface area contributed by atoms with Gasteiger partial charge in [0.05, 0.1) is 12.0 Å². The number of hydrogen-bond acceptors (Lipinski definition) is 2. The van der Waals surface area contributed by atoms with E-state index in [4.69, 9.17) is 0 Å². The van der Waals surface area contributed by atoms with E-state index in [1.54, 1.807) is 0 Å². The smallest absolute Gasteiger partial charge is 0.225 e. The van der Waals surface area contributed by atoms with Crippen molar-refractivity contribution in [2.45, 2.75) is 46.1 Å². The lowest BCUT2D eigenvalue weighted by Crippen LogP contribution is -2.35. The molecule has 2 N–H and O–H groups in total. The van der Waals surface area contributed by atoms with E-state index < -0.39 is 0 Å². The Morgan fingerprint density at radius 2 is 1.86 bits per heavy atom. The van der Waals surface area contributed by atoms with Crippen LogP contribution in [0, 0.1) is 11.8 Å². The van der Waals surface area contributed by atoms with Gasteiger partial charge in [-0.05, 0) is 35.9 Å². The fourth-order valence-electron chi connectivity index (χ4n) is 2.84.